The number of anilines is 1. The summed E-state index contributed by atoms with van der Waals surface area (Å²) >= 11 is 0. The van der Waals surface area contributed by atoms with Gasteiger partial charge in [0.1, 0.15) is 11.6 Å². The van der Waals surface area contributed by atoms with Gasteiger partial charge in [-0.2, -0.15) is 0 Å². The van der Waals surface area contributed by atoms with Crippen molar-refractivity contribution >= 4 is 16.6 Å². The van der Waals surface area contributed by atoms with Gasteiger partial charge in [-0.1, -0.05) is 0 Å². The maximum atomic E-state index is 12.8. The Morgan fingerprint density at radius 3 is 2.83 bits per heavy atom. The van der Waals surface area contributed by atoms with Crippen molar-refractivity contribution in [2.45, 2.75) is 19.5 Å². The number of nitrogens with zero attached hydrogens (tertiary/aromatic N) is 2. The number of fused-ring (bicyclic) bond motifs is 2. The number of nitrogen functional groups attached to an aromatic ring is 1. The van der Waals surface area contributed by atoms with Crippen LogP contribution >= 0.6 is 0 Å². The van der Waals surface area contributed by atoms with Crippen LogP contribution in [0.3, 0.4) is 0 Å². The summed E-state index contributed by atoms with van der Waals surface area (Å²) in [5, 5.41) is 1.14. The molecule has 0 amide bonds. The van der Waals surface area contributed by atoms with E-state index in [-0.39, 0.29) is 5.56 Å². The molecule has 0 aliphatic carbocycles. The summed E-state index contributed by atoms with van der Waals surface area (Å²) in [7, 11) is 1.67. The highest BCUT2D eigenvalue weighted by Crippen LogP contribution is 2.26. The number of methoxy groups -OCH3 is 1. The lowest BCUT2D eigenvalue weighted by Crippen LogP contribution is -2.35. The van der Waals surface area contributed by atoms with Gasteiger partial charge in [0.15, 0.2) is 0 Å². The Kier molecular flexibility index (Phi) is 4.52. The van der Waals surface area contributed by atoms with E-state index in [0.29, 0.717) is 18.1 Å². The van der Waals surface area contributed by atoms with Crippen LogP contribution in [0.1, 0.15) is 16.8 Å². The molecule has 3 heterocycles. The van der Waals surface area contributed by atoms with Gasteiger partial charge in [0.2, 0.25) is 0 Å². The third-order valence-corrected chi connectivity index (χ3v) is 5.70. The van der Waals surface area contributed by atoms with Crippen LogP contribution in [0.25, 0.3) is 22.3 Å². The minimum absolute atomic E-state index is 0.0721. The van der Waals surface area contributed by atoms with Gasteiger partial charge >= 0.3 is 0 Å². The van der Waals surface area contributed by atoms with Crippen molar-refractivity contribution in [3.05, 3.63) is 75.8 Å². The van der Waals surface area contributed by atoms with E-state index in [1.807, 2.05) is 48.7 Å². The predicted molar refractivity (Wildman–Crippen MR) is 117 cm³/mol. The Morgan fingerprint density at radius 1 is 1.20 bits per heavy atom. The van der Waals surface area contributed by atoms with Crippen LogP contribution in [-0.2, 0) is 19.5 Å². The minimum atomic E-state index is -0.0721. The average Bonchev–Trinajstić information content (AvgIpc) is 3.16. The van der Waals surface area contributed by atoms with Gasteiger partial charge in [-0.15, -0.1) is 0 Å². The quantitative estimate of drug-likeness (QED) is 0.457. The van der Waals surface area contributed by atoms with Gasteiger partial charge in [-0.05, 0) is 48.0 Å². The van der Waals surface area contributed by atoms with E-state index >= 15 is 0 Å². The molecule has 7 nitrogen and oxygen atoms in total. The van der Waals surface area contributed by atoms with E-state index in [9.17, 15) is 4.79 Å². The number of H-pyrrole nitrogens is 2. The summed E-state index contributed by atoms with van der Waals surface area (Å²) in [5.74, 6) is 1.43. The summed E-state index contributed by atoms with van der Waals surface area (Å²) in [6.45, 7) is 2.18. The molecule has 4 aromatic rings. The van der Waals surface area contributed by atoms with Gasteiger partial charge < -0.3 is 20.4 Å². The molecular weight excluding hydrogens is 378 g/mol. The Hall–Kier alpha value is -3.58. The maximum Gasteiger partial charge on any atom is 0.255 e. The zero-order chi connectivity index (χ0) is 20.7. The van der Waals surface area contributed by atoms with Crippen molar-refractivity contribution < 1.29 is 4.74 Å². The summed E-state index contributed by atoms with van der Waals surface area (Å²) in [6.07, 6.45) is 2.78. The second kappa shape index (κ2) is 7.35. The Bertz CT molecular complexity index is 1270. The Morgan fingerprint density at radius 2 is 2.03 bits per heavy atom. The fraction of sp³-hybridized carbons (Fsp3) is 0.217. The lowest BCUT2D eigenvalue weighted by Gasteiger charge is -2.27. The van der Waals surface area contributed by atoms with E-state index in [0.717, 1.165) is 53.0 Å². The molecule has 4 N–H and O–H groups in total. The molecule has 2 aromatic carbocycles. The van der Waals surface area contributed by atoms with Crippen molar-refractivity contribution in [1.82, 2.24) is 19.9 Å². The number of aromatic amines is 2. The van der Waals surface area contributed by atoms with E-state index in [1.54, 1.807) is 7.11 Å². The first kappa shape index (κ1) is 18.4. The summed E-state index contributed by atoms with van der Waals surface area (Å²) in [5.41, 5.74) is 11.1. The number of hydrogen-bond donors (Lipinski definition) is 3. The van der Waals surface area contributed by atoms with E-state index in [1.165, 1.54) is 5.56 Å². The lowest BCUT2D eigenvalue weighted by molar-refractivity contribution is 0.242. The Labute approximate surface area is 173 Å². The number of hydrogen-bond acceptors (Lipinski definition) is 5. The summed E-state index contributed by atoms with van der Waals surface area (Å²) < 4.78 is 5.36. The number of nitrogens with two attached hydrogens (primary N) is 1. The van der Waals surface area contributed by atoms with Crippen LogP contribution in [0, 0.1) is 0 Å². The van der Waals surface area contributed by atoms with Gasteiger partial charge in [0.25, 0.3) is 5.56 Å². The molecule has 0 fully saturated rings. The van der Waals surface area contributed by atoms with Crippen molar-refractivity contribution in [2.24, 2.45) is 0 Å². The molecule has 0 saturated heterocycles. The first-order valence-corrected chi connectivity index (χ1v) is 9.95. The fourth-order valence-corrected chi connectivity index (χ4v) is 4.05. The van der Waals surface area contributed by atoms with Crippen LogP contribution < -0.4 is 16.0 Å². The van der Waals surface area contributed by atoms with E-state index < -0.39 is 0 Å². The number of ether oxygens (including phenoxy) is 1. The standard InChI is InChI=1S/C23H23N5O2/c1-30-17-6-7-20-18(10-17)15(11-25-20)12-28-9-8-21-19(13-28)23(29)27-22(26-21)14-2-4-16(24)5-3-14/h2-7,10-11,25H,8-9,12-13,24H2,1H3,(H,26,27,29). The van der Waals surface area contributed by atoms with Crippen molar-refractivity contribution in [3.8, 4) is 17.1 Å². The first-order chi connectivity index (χ1) is 14.6. The van der Waals surface area contributed by atoms with Crippen molar-refractivity contribution in [1.29, 1.82) is 0 Å². The van der Waals surface area contributed by atoms with Crippen LogP contribution in [0.2, 0.25) is 0 Å². The number of aromatic nitrogens is 3. The molecule has 7 heteroatoms. The molecule has 2 aromatic heterocycles. The van der Waals surface area contributed by atoms with E-state index in [2.05, 4.69) is 14.9 Å². The van der Waals surface area contributed by atoms with Gasteiger partial charge in [-0.25, -0.2) is 4.98 Å². The number of rotatable bonds is 4. The third kappa shape index (κ3) is 3.33. The average molecular weight is 401 g/mol. The molecular formula is C23H23N5O2. The fourth-order valence-electron chi connectivity index (χ4n) is 4.05. The molecule has 0 spiro atoms. The second-order valence-electron chi connectivity index (χ2n) is 7.65. The number of nitrogens with one attached hydrogen (secondary N) is 2. The second-order valence-corrected chi connectivity index (χ2v) is 7.65. The smallest absolute Gasteiger partial charge is 0.255 e. The van der Waals surface area contributed by atoms with E-state index in [4.69, 9.17) is 15.5 Å². The Balaban J connectivity index is 1.40. The van der Waals surface area contributed by atoms with Crippen LogP contribution in [0.5, 0.6) is 5.75 Å². The molecule has 0 atom stereocenters. The normalized spacial score (nSPS) is 14.0. The topological polar surface area (TPSA) is 100 Å². The SMILES string of the molecule is COc1ccc2[nH]cc(CN3CCc4nc(-c5ccc(N)cc5)[nH]c(=O)c4C3)c2c1. The maximum absolute atomic E-state index is 12.8. The van der Waals surface area contributed by atoms with Crippen molar-refractivity contribution in [2.75, 3.05) is 19.4 Å². The molecule has 1 aliphatic rings. The molecule has 30 heavy (non-hydrogen) atoms. The first-order valence-electron chi connectivity index (χ1n) is 9.95. The van der Waals surface area contributed by atoms with Crippen LogP contribution in [0.4, 0.5) is 5.69 Å². The third-order valence-electron chi connectivity index (χ3n) is 5.70. The van der Waals surface area contributed by atoms with Gasteiger partial charge in [0.05, 0.1) is 18.4 Å². The van der Waals surface area contributed by atoms with Crippen LogP contribution in [0.15, 0.2) is 53.5 Å². The highest BCUT2D eigenvalue weighted by Gasteiger charge is 2.22. The summed E-state index contributed by atoms with van der Waals surface area (Å²) in [4.78, 5) is 26.1. The minimum Gasteiger partial charge on any atom is -0.497 e. The van der Waals surface area contributed by atoms with Crippen molar-refractivity contribution in [3.63, 3.8) is 0 Å². The molecule has 0 radical (unpaired) electrons. The zero-order valence-electron chi connectivity index (χ0n) is 16.7. The summed E-state index contributed by atoms with van der Waals surface area (Å²) in [6, 6.07) is 13.4. The molecule has 0 saturated carbocycles. The highest BCUT2D eigenvalue weighted by molar-refractivity contribution is 5.84. The zero-order valence-corrected chi connectivity index (χ0v) is 16.7. The van der Waals surface area contributed by atoms with Gasteiger partial charge in [0, 0.05) is 54.4 Å². The molecule has 5 rings (SSSR count). The number of benzene rings is 2. The molecule has 0 bridgehead atoms. The van der Waals surface area contributed by atoms with Crippen LogP contribution in [-0.4, -0.2) is 33.5 Å². The largest absolute Gasteiger partial charge is 0.497 e. The molecule has 1 aliphatic heterocycles. The molecule has 0 unspecified atom stereocenters. The monoisotopic (exact) mass is 401 g/mol. The molecule has 152 valence electrons. The highest BCUT2D eigenvalue weighted by atomic mass is 16.5. The lowest BCUT2D eigenvalue weighted by atomic mass is 10.0. The van der Waals surface area contributed by atoms with Gasteiger partial charge in [-0.3, -0.25) is 9.69 Å². The predicted octanol–water partition coefficient (Wildman–Crippen LogP) is 3.07.